The predicted octanol–water partition coefficient (Wildman–Crippen LogP) is -0.0909. The van der Waals surface area contributed by atoms with Crippen LogP contribution in [0.5, 0.6) is 0 Å². The Balaban J connectivity index is 1.68. The van der Waals surface area contributed by atoms with Crippen LogP contribution in [0.4, 0.5) is 14.5 Å². The largest absolute Gasteiger partial charge is 0.392 e. The number of hydrogen-bond donors (Lipinski definition) is 3. The average Bonchev–Trinajstić information content (AvgIpc) is 3.08. The van der Waals surface area contributed by atoms with Crippen LogP contribution >= 0.6 is 0 Å². The molecule has 0 saturated carbocycles. The van der Waals surface area contributed by atoms with Gasteiger partial charge in [0, 0.05) is 13.1 Å². The molecule has 0 spiro atoms. The molecule has 1 aromatic carbocycles. The highest BCUT2D eigenvalue weighted by Gasteiger charge is 2.38. The number of β-amino-alcohol motifs (C(OH)–C–C–N with tert-alkyl or cyclic N) is 1. The summed E-state index contributed by atoms with van der Waals surface area (Å²) in [6, 6.07) is 2.02. The molecule has 3 unspecified atom stereocenters. The number of carbonyl (C=O) groups is 2. The van der Waals surface area contributed by atoms with Crippen LogP contribution in [0.15, 0.2) is 18.2 Å². The number of halogens is 2. The number of carbonyl (C=O) groups excluding carboxylic acids is 2. The SMILES string of the molecule is O=C(NC1CCN(c2c(F)cccc2F)C1=O)C1CC(O)CN1. The number of para-hydroxylation sites is 1. The van der Waals surface area contributed by atoms with E-state index in [1.54, 1.807) is 0 Å². The first kappa shape index (κ1) is 15.8. The Morgan fingerprint density at radius 1 is 1.35 bits per heavy atom. The molecule has 23 heavy (non-hydrogen) atoms. The molecule has 2 heterocycles. The molecule has 0 aromatic heterocycles. The number of nitrogens with zero attached hydrogens (tertiary/aromatic N) is 1. The van der Waals surface area contributed by atoms with Crippen LogP contribution in [0.25, 0.3) is 0 Å². The second kappa shape index (κ2) is 6.21. The number of hydrogen-bond acceptors (Lipinski definition) is 4. The third-order valence-electron chi connectivity index (χ3n) is 4.15. The predicted molar refractivity (Wildman–Crippen MR) is 77.7 cm³/mol. The third-order valence-corrected chi connectivity index (χ3v) is 4.15. The van der Waals surface area contributed by atoms with Crippen LogP contribution in [-0.2, 0) is 9.59 Å². The van der Waals surface area contributed by atoms with Crippen molar-refractivity contribution >= 4 is 17.5 Å². The standard InChI is InChI=1S/C15H17F2N3O3/c16-9-2-1-3-10(17)13(9)20-5-4-11(15(20)23)19-14(22)12-6-8(21)7-18-12/h1-3,8,11-12,18,21H,4-7H2,(H,19,22). The molecule has 0 aliphatic carbocycles. The van der Waals surface area contributed by atoms with Gasteiger partial charge in [-0.15, -0.1) is 0 Å². The summed E-state index contributed by atoms with van der Waals surface area (Å²) < 4.78 is 27.6. The van der Waals surface area contributed by atoms with Crippen molar-refractivity contribution in [1.82, 2.24) is 10.6 Å². The van der Waals surface area contributed by atoms with Crippen LogP contribution < -0.4 is 15.5 Å². The molecule has 0 radical (unpaired) electrons. The zero-order valence-electron chi connectivity index (χ0n) is 12.3. The molecule has 3 atom stereocenters. The second-order valence-electron chi connectivity index (χ2n) is 5.76. The van der Waals surface area contributed by atoms with Gasteiger partial charge < -0.3 is 20.6 Å². The average molecular weight is 325 g/mol. The lowest BCUT2D eigenvalue weighted by atomic mass is 10.1. The van der Waals surface area contributed by atoms with E-state index in [4.69, 9.17) is 0 Å². The van der Waals surface area contributed by atoms with E-state index in [0.717, 1.165) is 17.0 Å². The van der Waals surface area contributed by atoms with Gasteiger partial charge in [-0.2, -0.15) is 0 Å². The first-order valence-corrected chi connectivity index (χ1v) is 7.44. The molecule has 3 N–H and O–H groups in total. The Hall–Kier alpha value is -2.06. The molecule has 2 aliphatic rings. The summed E-state index contributed by atoms with van der Waals surface area (Å²) in [4.78, 5) is 25.4. The molecule has 3 rings (SSSR count). The Morgan fingerprint density at radius 3 is 2.65 bits per heavy atom. The molecule has 0 bridgehead atoms. The number of anilines is 1. The highest BCUT2D eigenvalue weighted by Crippen LogP contribution is 2.27. The molecule has 124 valence electrons. The van der Waals surface area contributed by atoms with Crippen molar-refractivity contribution in [1.29, 1.82) is 0 Å². The fourth-order valence-electron chi connectivity index (χ4n) is 2.97. The zero-order chi connectivity index (χ0) is 16.6. The quantitative estimate of drug-likeness (QED) is 0.725. The zero-order valence-corrected chi connectivity index (χ0v) is 12.3. The summed E-state index contributed by atoms with van der Waals surface area (Å²) >= 11 is 0. The maximum Gasteiger partial charge on any atom is 0.249 e. The van der Waals surface area contributed by atoms with Gasteiger partial charge in [-0.05, 0) is 25.0 Å². The van der Waals surface area contributed by atoms with Crippen molar-refractivity contribution < 1.29 is 23.5 Å². The maximum absolute atomic E-state index is 13.8. The van der Waals surface area contributed by atoms with Crippen LogP contribution in [0.1, 0.15) is 12.8 Å². The molecule has 6 nitrogen and oxygen atoms in total. The summed E-state index contributed by atoms with van der Waals surface area (Å²) in [6.07, 6.45) is -0.0412. The van der Waals surface area contributed by atoms with E-state index in [9.17, 15) is 23.5 Å². The fourth-order valence-corrected chi connectivity index (χ4v) is 2.97. The normalized spacial score (nSPS) is 27.5. The Kier molecular flexibility index (Phi) is 4.27. The van der Waals surface area contributed by atoms with E-state index in [1.165, 1.54) is 6.07 Å². The van der Waals surface area contributed by atoms with Crippen LogP contribution in [-0.4, -0.2) is 48.2 Å². The van der Waals surface area contributed by atoms with E-state index in [1.807, 2.05) is 0 Å². The van der Waals surface area contributed by atoms with Crippen molar-refractivity contribution in [3.05, 3.63) is 29.8 Å². The minimum atomic E-state index is -0.818. The van der Waals surface area contributed by atoms with Gasteiger partial charge in [-0.1, -0.05) is 6.07 Å². The summed E-state index contributed by atoms with van der Waals surface area (Å²) in [5.74, 6) is -2.56. The van der Waals surface area contributed by atoms with Gasteiger partial charge in [0.25, 0.3) is 0 Å². The van der Waals surface area contributed by atoms with Crippen LogP contribution in [0, 0.1) is 11.6 Å². The number of rotatable bonds is 3. The van der Waals surface area contributed by atoms with E-state index in [0.29, 0.717) is 6.54 Å². The van der Waals surface area contributed by atoms with Gasteiger partial charge in [-0.25, -0.2) is 8.78 Å². The molecular formula is C15H17F2N3O3. The summed E-state index contributed by atoms with van der Waals surface area (Å²) in [5.41, 5.74) is -0.385. The maximum atomic E-state index is 13.8. The Bertz CT molecular complexity index is 620. The second-order valence-corrected chi connectivity index (χ2v) is 5.76. The smallest absolute Gasteiger partial charge is 0.249 e. The minimum absolute atomic E-state index is 0.127. The van der Waals surface area contributed by atoms with Gasteiger partial charge in [0.15, 0.2) is 0 Å². The molecule has 2 amide bonds. The lowest BCUT2D eigenvalue weighted by Crippen LogP contribution is -2.48. The van der Waals surface area contributed by atoms with E-state index >= 15 is 0 Å². The van der Waals surface area contributed by atoms with E-state index in [-0.39, 0.29) is 25.1 Å². The van der Waals surface area contributed by atoms with Crippen molar-refractivity contribution in [2.24, 2.45) is 0 Å². The lowest BCUT2D eigenvalue weighted by Gasteiger charge is -2.19. The van der Waals surface area contributed by atoms with Gasteiger partial charge in [-0.3, -0.25) is 9.59 Å². The summed E-state index contributed by atoms with van der Waals surface area (Å²) in [6.45, 7) is 0.450. The van der Waals surface area contributed by atoms with Gasteiger partial charge >= 0.3 is 0 Å². The Morgan fingerprint density at radius 2 is 2.04 bits per heavy atom. The molecular weight excluding hydrogens is 308 g/mol. The Labute approximate surface area is 131 Å². The van der Waals surface area contributed by atoms with Gasteiger partial charge in [0.2, 0.25) is 11.8 Å². The first-order valence-electron chi connectivity index (χ1n) is 7.44. The highest BCUT2D eigenvalue weighted by atomic mass is 19.1. The van der Waals surface area contributed by atoms with Crippen molar-refractivity contribution in [2.45, 2.75) is 31.0 Å². The molecule has 2 aliphatic heterocycles. The van der Waals surface area contributed by atoms with E-state index in [2.05, 4.69) is 10.6 Å². The van der Waals surface area contributed by atoms with Crippen molar-refractivity contribution in [3.8, 4) is 0 Å². The van der Waals surface area contributed by atoms with Crippen molar-refractivity contribution in [3.63, 3.8) is 0 Å². The first-order chi connectivity index (χ1) is 11.0. The molecule has 8 heteroatoms. The highest BCUT2D eigenvalue weighted by molar-refractivity contribution is 6.02. The van der Waals surface area contributed by atoms with E-state index < -0.39 is 41.6 Å². The minimum Gasteiger partial charge on any atom is -0.392 e. The lowest BCUT2D eigenvalue weighted by molar-refractivity contribution is -0.127. The fraction of sp³-hybridized carbons (Fsp3) is 0.467. The van der Waals surface area contributed by atoms with Crippen molar-refractivity contribution in [2.75, 3.05) is 18.0 Å². The summed E-state index contributed by atoms with van der Waals surface area (Å²) in [7, 11) is 0. The number of aliphatic hydroxyl groups is 1. The van der Waals surface area contributed by atoms with Gasteiger partial charge in [0.05, 0.1) is 12.1 Å². The number of nitrogens with one attached hydrogen (secondary N) is 2. The molecule has 2 saturated heterocycles. The van der Waals surface area contributed by atoms with Crippen LogP contribution in [0.2, 0.25) is 0 Å². The summed E-state index contributed by atoms with van der Waals surface area (Å²) in [5, 5.41) is 14.8. The third kappa shape index (κ3) is 3.04. The number of aliphatic hydroxyl groups excluding tert-OH is 1. The molecule has 2 fully saturated rings. The molecule has 1 aromatic rings. The van der Waals surface area contributed by atoms with Gasteiger partial charge in [0.1, 0.15) is 23.4 Å². The number of benzene rings is 1. The topological polar surface area (TPSA) is 81.7 Å². The monoisotopic (exact) mass is 325 g/mol. The number of amides is 2. The van der Waals surface area contributed by atoms with Crippen LogP contribution in [0.3, 0.4) is 0 Å².